The maximum Gasteiger partial charge on any atom is 0.405 e. The minimum atomic E-state index is -4.30. The monoisotopic (exact) mass is 281 g/mol. The molecule has 1 N–H and O–H groups in total. The van der Waals surface area contributed by atoms with E-state index < -0.39 is 12.7 Å². The van der Waals surface area contributed by atoms with Gasteiger partial charge in [0.25, 0.3) is 0 Å². The van der Waals surface area contributed by atoms with Crippen LogP contribution in [0, 0.1) is 0 Å². The average Bonchev–Trinajstić information content (AvgIpc) is 2.26. The lowest BCUT2D eigenvalue weighted by Crippen LogP contribution is -2.35. The molecule has 0 aromatic heterocycles. The summed E-state index contributed by atoms with van der Waals surface area (Å²) in [5.41, 5.74) is 0.668. The van der Waals surface area contributed by atoms with Crippen molar-refractivity contribution in [2.24, 2.45) is 0 Å². The van der Waals surface area contributed by atoms with Crippen molar-refractivity contribution >= 4 is 17.3 Å². The van der Waals surface area contributed by atoms with E-state index in [9.17, 15) is 18.3 Å². The van der Waals surface area contributed by atoms with Gasteiger partial charge in [0, 0.05) is 12.1 Å². The molecule has 0 saturated heterocycles. The van der Waals surface area contributed by atoms with E-state index in [2.05, 4.69) is 0 Å². The number of aliphatic hydroxyl groups is 1. The van der Waals surface area contributed by atoms with Gasteiger partial charge in [0.2, 0.25) is 0 Å². The van der Waals surface area contributed by atoms with Crippen LogP contribution in [0.15, 0.2) is 18.2 Å². The fraction of sp³-hybridized carbons (Fsp3) is 0.500. The molecule has 0 unspecified atom stereocenters. The molecule has 2 nitrogen and oxygen atoms in total. The second-order valence-electron chi connectivity index (χ2n) is 3.94. The molecule has 18 heavy (non-hydrogen) atoms. The lowest BCUT2D eigenvalue weighted by atomic mass is 10.1. The van der Waals surface area contributed by atoms with Crippen molar-refractivity contribution in [3.63, 3.8) is 0 Å². The summed E-state index contributed by atoms with van der Waals surface area (Å²) in [6, 6.07) is 4.70. The number of hydrogen-bond acceptors (Lipinski definition) is 2. The van der Waals surface area contributed by atoms with Crippen LogP contribution in [0.2, 0.25) is 5.02 Å². The third kappa shape index (κ3) is 4.07. The van der Waals surface area contributed by atoms with Gasteiger partial charge in [0.05, 0.1) is 17.3 Å². The molecule has 0 aliphatic rings. The molecule has 0 spiro atoms. The Kier molecular flexibility index (Phi) is 5.28. The summed E-state index contributed by atoms with van der Waals surface area (Å²) in [7, 11) is 0. The Hall–Kier alpha value is -0.940. The second-order valence-corrected chi connectivity index (χ2v) is 4.35. The molecule has 1 rings (SSSR count). The van der Waals surface area contributed by atoms with Crippen LogP contribution in [0.25, 0.3) is 0 Å². The van der Waals surface area contributed by atoms with Gasteiger partial charge in [-0.1, -0.05) is 30.7 Å². The lowest BCUT2D eigenvalue weighted by molar-refractivity contribution is -0.119. The van der Waals surface area contributed by atoms with Gasteiger partial charge >= 0.3 is 6.18 Å². The first kappa shape index (κ1) is 15.1. The predicted octanol–water partition coefficient (Wildman–Crippen LogP) is 3.61. The van der Waals surface area contributed by atoms with Crippen LogP contribution >= 0.6 is 11.6 Å². The Bertz CT molecular complexity index is 395. The molecule has 0 bridgehead atoms. The zero-order chi connectivity index (χ0) is 13.8. The van der Waals surface area contributed by atoms with E-state index in [1.807, 2.05) is 0 Å². The van der Waals surface area contributed by atoms with Gasteiger partial charge < -0.3 is 10.0 Å². The third-order valence-electron chi connectivity index (χ3n) is 2.42. The van der Waals surface area contributed by atoms with Gasteiger partial charge in [0.15, 0.2) is 0 Å². The third-order valence-corrected chi connectivity index (χ3v) is 2.73. The molecule has 0 amide bonds. The number of nitrogens with zero attached hydrogens (tertiary/aromatic N) is 1. The van der Waals surface area contributed by atoms with Crippen molar-refractivity contribution in [1.82, 2.24) is 0 Å². The quantitative estimate of drug-likeness (QED) is 0.891. The molecule has 1 aromatic rings. The standard InChI is InChI=1S/C12H15ClF3NO/c1-2-6-17(8-12(14,15)16)11-9(7-18)4-3-5-10(11)13/h3-5,18H,2,6-8H2,1H3. The van der Waals surface area contributed by atoms with E-state index >= 15 is 0 Å². The topological polar surface area (TPSA) is 23.5 Å². The van der Waals surface area contributed by atoms with Gasteiger partial charge in [-0.05, 0) is 12.5 Å². The first-order chi connectivity index (χ1) is 8.39. The highest BCUT2D eigenvalue weighted by Gasteiger charge is 2.32. The largest absolute Gasteiger partial charge is 0.405 e. The molecule has 0 saturated carbocycles. The number of alkyl halides is 3. The van der Waals surface area contributed by atoms with Gasteiger partial charge in [-0.15, -0.1) is 0 Å². The molecule has 102 valence electrons. The van der Waals surface area contributed by atoms with Crippen LogP contribution in [0.5, 0.6) is 0 Å². The van der Waals surface area contributed by atoms with Crippen molar-refractivity contribution in [2.45, 2.75) is 26.1 Å². The number of halogens is 4. The molecule has 0 atom stereocenters. The van der Waals surface area contributed by atoms with Crippen LogP contribution in [0.1, 0.15) is 18.9 Å². The number of anilines is 1. The summed E-state index contributed by atoms with van der Waals surface area (Å²) in [5.74, 6) is 0. The summed E-state index contributed by atoms with van der Waals surface area (Å²) in [4.78, 5) is 1.16. The number of aliphatic hydroxyl groups excluding tert-OH is 1. The van der Waals surface area contributed by atoms with E-state index in [-0.39, 0.29) is 23.9 Å². The summed E-state index contributed by atoms with van der Waals surface area (Å²) in [6.07, 6.45) is -3.74. The minimum Gasteiger partial charge on any atom is -0.392 e. The zero-order valence-corrected chi connectivity index (χ0v) is 10.7. The summed E-state index contributed by atoms with van der Waals surface area (Å²) < 4.78 is 37.6. The Morgan fingerprint density at radius 3 is 2.50 bits per heavy atom. The fourth-order valence-electron chi connectivity index (χ4n) is 1.80. The molecular formula is C12H15ClF3NO. The average molecular weight is 282 g/mol. The van der Waals surface area contributed by atoms with Crippen LogP contribution in [-0.2, 0) is 6.61 Å². The number of rotatable bonds is 5. The van der Waals surface area contributed by atoms with Crippen molar-refractivity contribution in [3.8, 4) is 0 Å². The van der Waals surface area contributed by atoms with E-state index in [1.165, 1.54) is 6.07 Å². The number of hydrogen-bond donors (Lipinski definition) is 1. The summed E-state index contributed by atoms with van der Waals surface area (Å²) in [6.45, 7) is 0.612. The highest BCUT2D eigenvalue weighted by atomic mass is 35.5. The maximum atomic E-state index is 12.5. The lowest BCUT2D eigenvalue weighted by Gasteiger charge is -2.28. The van der Waals surface area contributed by atoms with E-state index in [4.69, 9.17) is 11.6 Å². The molecule has 0 radical (unpaired) electrons. The van der Waals surface area contributed by atoms with Crippen molar-refractivity contribution in [1.29, 1.82) is 0 Å². The highest BCUT2D eigenvalue weighted by molar-refractivity contribution is 6.33. The van der Waals surface area contributed by atoms with E-state index in [0.717, 1.165) is 4.90 Å². The van der Waals surface area contributed by atoms with Crippen LogP contribution in [-0.4, -0.2) is 24.4 Å². The maximum absolute atomic E-state index is 12.5. The molecule has 6 heteroatoms. The van der Waals surface area contributed by atoms with Crippen molar-refractivity contribution < 1.29 is 18.3 Å². The smallest absolute Gasteiger partial charge is 0.392 e. The van der Waals surface area contributed by atoms with E-state index in [0.29, 0.717) is 12.0 Å². The zero-order valence-electron chi connectivity index (χ0n) is 9.97. The van der Waals surface area contributed by atoms with Crippen LogP contribution < -0.4 is 4.90 Å². The molecule has 0 heterocycles. The molecular weight excluding hydrogens is 267 g/mol. The Balaban J connectivity index is 3.12. The van der Waals surface area contributed by atoms with Gasteiger partial charge in [-0.3, -0.25) is 0 Å². The van der Waals surface area contributed by atoms with Crippen molar-refractivity contribution in [3.05, 3.63) is 28.8 Å². The Morgan fingerprint density at radius 2 is 2.00 bits per heavy atom. The van der Waals surface area contributed by atoms with Gasteiger partial charge in [-0.2, -0.15) is 13.2 Å². The predicted molar refractivity (Wildman–Crippen MR) is 65.9 cm³/mol. The number of benzene rings is 1. The SMILES string of the molecule is CCCN(CC(F)(F)F)c1c(Cl)cccc1CO. The summed E-state index contributed by atoms with van der Waals surface area (Å²) >= 11 is 5.95. The molecule has 1 aromatic carbocycles. The van der Waals surface area contributed by atoms with Crippen LogP contribution in [0.3, 0.4) is 0 Å². The van der Waals surface area contributed by atoms with E-state index in [1.54, 1.807) is 19.1 Å². The first-order valence-corrected chi connectivity index (χ1v) is 5.96. The summed E-state index contributed by atoms with van der Waals surface area (Å²) in [5, 5.41) is 9.41. The fourth-order valence-corrected chi connectivity index (χ4v) is 2.11. The van der Waals surface area contributed by atoms with Gasteiger partial charge in [0.1, 0.15) is 6.54 Å². The van der Waals surface area contributed by atoms with Gasteiger partial charge in [-0.25, -0.2) is 0 Å². The first-order valence-electron chi connectivity index (χ1n) is 5.59. The Morgan fingerprint density at radius 1 is 1.33 bits per heavy atom. The number of para-hydroxylation sites is 1. The second kappa shape index (κ2) is 6.29. The normalized spacial score (nSPS) is 11.7. The Labute approximate surface area is 109 Å². The molecule has 0 fully saturated rings. The van der Waals surface area contributed by atoms with Crippen molar-refractivity contribution in [2.75, 3.05) is 18.0 Å². The highest BCUT2D eigenvalue weighted by Crippen LogP contribution is 2.32. The molecule has 0 aliphatic heterocycles. The minimum absolute atomic E-state index is 0.222. The molecule has 0 aliphatic carbocycles. The van der Waals surface area contributed by atoms with Crippen LogP contribution in [0.4, 0.5) is 18.9 Å².